The van der Waals surface area contributed by atoms with Gasteiger partial charge >= 0.3 is 0 Å². The van der Waals surface area contributed by atoms with Gasteiger partial charge in [0.05, 0.1) is 12.1 Å². The van der Waals surface area contributed by atoms with Gasteiger partial charge in [0.15, 0.2) is 11.5 Å². The zero-order chi connectivity index (χ0) is 22.2. The first kappa shape index (κ1) is 23.7. The summed E-state index contributed by atoms with van der Waals surface area (Å²) in [6.45, 7) is 3.07. The minimum atomic E-state index is 0.197. The van der Waals surface area contributed by atoms with Gasteiger partial charge in [-0.1, -0.05) is 71.2 Å². The first-order valence-corrected chi connectivity index (χ1v) is 11.3. The lowest BCUT2D eigenvalue weighted by atomic mass is 10.1. The van der Waals surface area contributed by atoms with Crippen LogP contribution in [0.2, 0.25) is 15.1 Å². The van der Waals surface area contributed by atoms with Crippen LogP contribution >= 0.6 is 34.8 Å². The average molecular weight is 479 g/mol. The highest BCUT2D eigenvalue weighted by Crippen LogP contribution is 2.38. The van der Waals surface area contributed by atoms with E-state index in [0.717, 1.165) is 18.4 Å². The van der Waals surface area contributed by atoms with E-state index in [1.165, 1.54) is 5.56 Å². The van der Waals surface area contributed by atoms with E-state index in [1.807, 2.05) is 18.2 Å². The Morgan fingerprint density at radius 1 is 0.871 bits per heavy atom. The molecule has 3 aromatic carbocycles. The van der Waals surface area contributed by atoms with Crippen LogP contribution < -0.4 is 14.8 Å². The van der Waals surface area contributed by atoms with Crippen LogP contribution in [0.25, 0.3) is 0 Å². The van der Waals surface area contributed by atoms with Gasteiger partial charge in [-0.15, -0.1) is 0 Å². The van der Waals surface area contributed by atoms with Crippen LogP contribution in [0.5, 0.6) is 11.5 Å². The van der Waals surface area contributed by atoms with E-state index in [9.17, 15) is 0 Å². The molecule has 0 aliphatic rings. The second-order valence-electron chi connectivity index (χ2n) is 7.40. The van der Waals surface area contributed by atoms with Gasteiger partial charge in [-0.25, -0.2) is 0 Å². The molecule has 0 amide bonds. The third-order valence-electron chi connectivity index (χ3n) is 5.08. The lowest BCUT2D eigenvalue weighted by Crippen LogP contribution is -2.26. The van der Waals surface area contributed by atoms with Crippen molar-refractivity contribution >= 4 is 34.8 Å². The number of methoxy groups -OCH3 is 1. The first-order valence-electron chi connectivity index (χ1n) is 10.2. The van der Waals surface area contributed by atoms with E-state index in [-0.39, 0.29) is 6.61 Å². The molecule has 0 radical (unpaired) electrons. The molecule has 0 aliphatic heterocycles. The van der Waals surface area contributed by atoms with E-state index in [2.05, 4.69) is 36.5 Å². The van der Waals surface area contributed by atoms with Crippen molar-refractivity contribution in [3.05, 3.63) is 92.4 Å². The molecule has 0 bridgehead atoms. The molecule has 0 saturated carbocycles. The fourth-order valence-electron chi connectivity index (χ4n) is 3.25. The maximum atomic E-state index is 6.52. The van der Waals surface area contributed by atoms with Crippen molar-refractivity contribution in [3.63, 3.8) is 0 Å². The molecule has 0 fully saturated rings. The van der Waals surface area contributed by atoms with Crippen molar-refractivity contribution < 1.29 is 9.47 Å². The summed E-state index contributed by atoms with van der Waals surface area (Å²) in [6, 6.07) is 20.0. The Kier molecular flexibility index (Phi) is 8.91. The van der Waals surface area contributed by atoms with Crippen LogP contribution in [0.15, 0.2) is 60.7 Å². The smallest absolute Gasteiger partial charge is 0.180 e. The van der Waals surface area contributed by atoms with Crippen LogP contribution in [0.1, 0.15) is 30.0 Å². The van der Waals surface area contributed by atoms with Gasteiger partial charge in [0.2, 0.25) is 0 Å². The molecule has 6 heteroatoms. The predicted molar refractivity (Wildman–Crippen MR) is 130 cm³/mol. The van der Waals surface area contributed by atoms with Crippen LogP contribution in [0.3, 0.4) is 0 Å². The Hall–Kier alpha value is -1.91. The summed E-state index contributed by atoms with van der Waals surface area (Å²) in [5, 5.41) is 5.13. The summed E-state index contributed by atoms with van der Waals surface area (Å²) in [7, 11) is 1.60. The first-order chi connectivity index (χ1) is 15.0. The predicted octanol–water partition coefficient (Wildman–Crippen LogP) is 7.35. The van der Waals surface area contributed by atoms with E-state index < -0.39 is 0 Å². The summed E-state index contributed by atoms with van der Waals surface area (Å²) in [5.41, 5.74) is 3.08. The average Bonchev–Trinajstić information content (AvgIpc) is 2.77. The molecule has 1 N–H and O–H groups in total. The Labute approximate surface area is 199 Å². The summed E-state index contributed by atoms with van der Waals surface area (Å²) in [6.07, 6.45) is 2.09. The Balaban J connectivity index is 1.61. The maximum Gasteiger partial charge on any atom is 0.180 e. The van der Waals surface area contributed by atoms with Gasteiger partial charge < -0.3 is 14.8 Å². The Morgan fingerprint density at radius 3 is 2.26 bits per heavy atom. The molecule has 31 heavy (non-hydrogen) atoms. The Bertz CT molecular complexity index is 975. The largest absolute Gasteiger partial charge is 0.493 e. The van der Waals surface area contributed by atoms with Crippen LogP contribution in [-0.4, -0.2) is 13.2 Å². The zero-order valence-corrected chi connectivity index (χ0v) is 19.9. The highest BCUT2D eigenvalue weighted by Gasteiger charge is 2.15. The molecular weight excluding hydrogens is 453 g/mol. The van der Waals surface area contributed by atoms with Crippen molar-refractivity contribution in [2.45, 2.75) is 39.0 Å². The quantitative estimate of drug-likeness (QED) is 0.330. The second-order valence-corrected chi connectivity index (χ2v) is 8.63. The molecule has 3 nitrogen and oxygen atoms in total. The summed E-state index contributed by atoms with van der Waals surface area (Å²) in [5.74, 6) is 1.05. The number of ether oxygens (including phenoxy) is 2. The van der Waals surface area contributed by atoms with Crippen molar-refractivity contribution in [1.29, 1.82) is 0 Å². The van der Waals surface area contributed by atoms with Crippen molar-refractivity contribution in [2.24, 2.45) is 0 Å². The zero-order valence-electron chi connectivity index (χ0n) is 17.6. The third-order valence-corrected chi connectivity index (χ3v) is 6.06. The third kappa shape index (κ3) is 6.78. The van der Waals surface area contributed by atoms with E-state index in [4.69, 9.17) is 44.3 Å². The van der Waals surface area contributed by atoms with Crippen molar-refractivity contribution in [2.75, 3.05) is 7.11 Å². The number of aryl methyl sites for hydroxylation is 1. The fourth-order valence-corrected chi connectivity index (χ4v) is 4.05. The van der Waals surface area contributed by atoms with Gasteiger partial charge in [0, 0.05) is 28.2 Å². The fraction of sp³-hybridized carbons (Fsp3) is 0.280. The van der Waals surface area contributed by atoms with Crippen LogP contribution in [0.4, 0.5) is 0 Å². The highest BCUT2D eigenvalue weighted by atomic mass is 35.5. The van der Waals surface area contributed by atoms with E-state index in [1.54, 1.807) is 25.3 Å². The highest BCUT2D eigenvalue weighted by molar-refractivity contribution is 6.36. The number of hydrogen-bond acceptors (Lipinski definition) is 3. The second kappa shape index (κ2) is 11.6. The Morgan fingerprint density at radius 2 is 1.58 bits per heavy atom. The molecule has 0 spiro atoms. The summed E-state index contributed by atoms with van der Waals surface area (Å²) in [4.78, 5) is 0. The summed E-state index contributed by atoms with van der Waals surface area (Å²) < 4.78 is 11.5. The van der Waals surface area contributed by atoms with Gasteiger partial charge in [-0.3, -0.25) is 0 Å². The van der Waals surface area contributed by atoms with Gasteiger partial charge in [0.25, 0.3) is 0 Å². The lowest BCUT2D eigenvalue weighted by Gasteiger charge is -2.17. The number of rotatable bonds is 10. The van der Waals surface area contributed by atoms with Gasteiger partial charge in [-0.05, 0) is 55.2 Å². The number of hydrogen-bond donors (Lipinski definition) is 1. The topological polar surface area (TPSA) is 30.5 Å². The number of nitrogens with one attached hydrogen (secondary N) is 1. The SMILES string of the molecule is COc1cc(CN[C@H](C)CCc2ccccc2)cc(Cl)c1OCc1c(Cl)cccc1Cl. The minimum absolute atomic E-state index is 0.197. The molecular formula is C25H26Cl3NO2. The molecule has 0 aliphatic carbocycles. The molecule has 0 saturated heterocycles. The molecule has 0 unspecified atom stereocenters. The monoisotopic (exact) mass is 477 g/mol. The number of benzene rings is 3. The molecule has 3 aromatic rings. The lowest BCUT2D eigenvalue weighted by molar-refractivity contribution is 0.284. The maximum absolute atomic E-state index is 6.52. The van der Waals surface area contributed by atoms with E-state index >= 15 is 0 Å². The normalized spacial score (nSPS) is 11.9. The molecule has 0 aromatic heterocycles. The van der Waals surface area contributed by atoms with Gasteiger partial charge in [-0.2, -0.15) is 0 Å². The molecule has 164 valence electrons. The minimum Gasteiger partial charge on any atom is -0.493 e. The molecule has 0 heterocycles. The van der Waals surface area contributed by atoms with E-state index in [0.29, 0.717) is 44.7 Å². The van der Waals surface area contributed by atoms with Crippen LogP contribution in [-0.2, 0) is 19.6 Å². The van der Waals surface area contributed by atoms with Crippen molar-refractivity contribution in [1.82, 2.24) is 5.32 Å². The summed E-state index contributed by atoms with van der Waals surface area (Å²) >= 11 is 19.0. The van der Waals surface area contributed by atoms with Crippen LogP contribution in [0, 0.1) is 0 Å². The number of halogens is 3. The molecule has 1 atom stereocenters. The van der Waals surface area contributed by atoms with Crippen molar-refractivity contribution in [3.8, 4) is 11.5 Å². The standard InChI is InChI=1S/C25H26Cl3NO2/c1-17(11-12-18-7-4-3-5-8-18)29-15-19-13-23(28)25(24(14-19)30-2)31-16-20-21(26)9-6-10-22(20)27/h3-10,13-14,17,29H,11-12,15-16H2,1-2H3/t17-/m1/s1. The van der Waals surface area contributed by atoms with Gasteiger partial charge in [0.1, 0.15) is 6.61 Å². The molecule has 3 rings (SSSR count).